The molecule has 0 spiro atoms. The quantitative estimate of drug-likeness (QED) is 0.632. The Bertz CT molecular complexity index is 615. The van der Waals surface area contributed by atoms with Crippen LogP contribution in [0.5, 0.6) is 0 Å². The molecule has 2 aromatic carbocycles. The molecule has 0 radical (unpaired) electrons. The van der Waals surface area contributed by atoms with Crippen LogP contribution in [0, 0.1) is 3.57 Å². The van der Waals surface area contributed by atoms with Crippen molar-refractivity contribution < 1.29 is 4.79 Å². The number of amides is 1. The van der Waals surface area contributed by atoms with Crippen molar-refractivity contribution in [2.24, 2.45) is 0 Å². The summed E-state index contributed by atoms with van der Waals surface area (Å²) >= 11 is 8.21. The van der Waals surface area contributed by atoms with E-state index in [9.17, 15) is 4.79 Å². The molecule has 0 N–H and O–H groups in total. The summed E-state index contributed by atoms with van der Waals surface area (Å²) in [5.74, 6) is 0.0348. The molecule has 4 heteroatoms. The van der Waals surface area contributed by atoms with E-state index >= 15 is 0 Å². The fraction of sp³-hybridized carbons (Fsp3) is 0.235. The highest BCUT2D eigenvalue weighted by Gasteiger charge is 2.18. The number of rotatable bonds is 5. The van der Waals surface area contributed by atoms with E-state index in [1.807, 2.05) is 47.4 Å². The van der Waals surface area contributed by atoms with Crippen molar-refractivity contribution in [3.8, 4) is 0 Å². The Labute approximate surface area is 144 Å². The van der Waals surface area contributed by atoms with Gasteiger partial charge in [-0.05, 0) is 52.8 Å². The highest BCUT2D eigenvalue weighted by molar-refractivity contribution is 14.1. The van der Waals surface area contributed by atoms with E-state index in [0.717, 1.165) is 22.1 Å². The number of halogens is 2. The molecule has 21 heavy (non-hydrogen) atoms. The van der Waals surface area contributed by atoms with Crippen LogP contribution in [0.25, 0.3) is 0 Å². The third kappa shape index (κ3) is 4.45. The second-order valence-corrected chi connectivity index (χ2v) is 6.44. The van der Waals surface area contributed by atoms with Gasteiger partial charge >= 0.3 is 0 Å². The van der Waals surface area contributed by atoms with Gasteiger partial charge in [-0.25, -0.2) is 0 Å². The highest BCUT2D eigenvalue weighted by Crippen LogP contribution is 2.20. The predicted molar refractivity (Wildman–Crippen MR) is 95.6 cm³/mol. The van der Waals surface area contributed by atoms with Crippen molar-refractivity contribution >= 4 is 40.1 Å². The number of hydrogen-bond donors (Lipinski definition) is 0. The summed E-state index contributed by atoms with van der Waals surface area (Å²) in [5, 5.41) is 0.593. The van der Waals surface area contributed by atoms with Crippen LogP contribution in [0.1, 0.15) is 29.3 Å². The van der Waals surface area contributed by atoms with Crippen molar-refractivity contribution in [3.05, 3.63) is 68.3 Å². The molecule has 110 valence electrons. The van der Waals surface area contributed by atoms with Gasteiger partial charge in [0.1, 0.15) is 0 Å². The van der Waals surface area contributed by atoms with Crippen molar-refractivity contribution in [2.75, 3.05) is 6.54 Å². The Morgan fingerprint density at radius 3 is 2.57 bits per heavy atom. The molecule has 0 aliphatic carbocycles. The molecular formula is C17H17ClINO. The zero-order valence-corrected chi connectivity index (χ0v) is 14.8. The average molecular weight is 414 g/mol. The molecule has 0 bridgehead atoms. The molecule has 1 amide bonds. The molecule has 0 aliphatic rings. The van der Waals surface area contributed by atoms with Crippen LogP contribution in [0.2, 0.25) is 5.02 Å². The standard InChI is InChI=1S/C17H17ClINO/c1-2-10-20(12-13-6-4-3-5-7-13)17(21)15-11-14(18)8-9-16(15)19/h3-9,11H,2,10,12H2,1H3. The van der Waals surface area contributed by atoms with E-state index in [4.69, 9.17) is 11.6 Å². The molecule has 0 aliphatic heterocycles. The Balaban J connectivity index is 2.25. The zero-order chi connectivity index (χ0) is 15.2. The summed E-state index contributed by atoms with van der Waals surface area (Å²) in [6.07, 6.45) is 0.926. The molecule has 0 saturated heterocycles. The van der Waals surface area contributed by atoms with Crippen LogP contribution in [0.3, 0.4) is 0 Å². The topological polar surface area (TPSA) is 20.3 Å². The Morgan fingerprint density at radius 1 is 1.19 bits per heavy atom. The summed E-state index contributed by atoms with van der Waals surface area (Å²) in [7, 11) is 0. The fourth-order valence-electron chi connectivity index (χ4n) is 2.16. The van der Waals surface area contributed by atoms with Crippen LogP contribution in [-0.4, -0.2) is 17.4 Å². The monoisotopic (exact) mass is 413 g/mol. The normalized spacial score (nSPS) is 10.4. The molecule has 2 nitrogen and oxygen atoms in total. The van der Waals surface area contributed by atoms with Crippen molar-refractivity contribution in [1.82, 2.24) is 4.90 Å². The number of carbonyl (C=O) groups is 1. The maximum Gasteiger partial charge on any atom is 0.255 e. The summed E-state index contributed by atoms with van der Waals surface area (Å²) < 4.78 is 0.927. The maximum atomic E-state index is 12.8. The van der Waals surface area contributed by atoms with E-state index in [1.54, 1.807) is 6.07 Å². The summed E-state index contributed by atoms with van der Waals surface area (Å²) in [5.41, 5.74) is 1.81. The number of carbonyl (C=O) groups excluding carboxylic acids is 1. The lowest BCUT2D eigenvalue weighted by Gasteiger charge is -2.23. The third-order valence-electron chi connectivity index (χ3n) is 3.16. The number of nitrogens with zero attached hydrogens (tertiary/aromatic N) is 1. The summed E-state index contributed by atoms with van der Waals surface area (Å²) in [6.45, 7) is 3.43. The smallest absolute Gasteiger partial charge is 0.255 e. The Hall–Kier alpha value is -1.07. The van der Waals surface area contributed by atoms with Gasteiger partial charge in [0.25, 0.3) is 5.91 Å². The van der Waals surface area contributed by atoms with E-state index in [1.165, 1.54) is 0 Å². The third-order valence-corrected chi connectivity index (χ3v) is 4.33. The molecule has 0 unspecified atom stereocenters. The first-order valence-corrected chi connectivity index (χ1v) is 8.35. The molecular weight excluding hydrogens is 397 g/mol. The first-order chi connectivity index (χ1) is 10.1. The zero-order valence-electron chi connectivity index (χ0n) is 11.9. The van der Waals surface area contributed by atoms with E-state index in [0.29, 0.717) is 17.1 Å². The molecule has 2 rings (SSSR count). The van der Waals surface area contributed by atoms with Crippen LogP contribution in [0.15, 0.2) is 48.5 Å². The lowest BCUT2D eigenvalue weighted by Crippen LogP contribution is -2.31. The molecule has 0 fully saturated rings. The Kier molecular flexibility index (Phi) is 6.06. The van der Waals surface area contributed by atoms with Crippen LogP contribution in [-0.2, 0) is 6.54 Å². The van der Waals surface area contributed by atoms with Gasteiger partial charge in [0.15, 0.2) is 0 Å². The minimum absolute atomic E-state index is 0.0348. The van der Waals surface area contributed by atoms with Crippen LogP contribution in [0.4, 0.5) is 0 Å². The average Bonchev–Trinajstić information content (AvgIpc) is 2.49. The molecule has 0 heterocycles. The fourth-order valence-corrected chi connectivity index (χ4v) is 2.90. The second kappa shape index (κ2) is 7.80. The molecule has 0 saturated carbocycles. The molecule has 2 aromatic rings. The van der Waals surface area contributed by atoms with Gasteiger partial charge in [-0.2, -0.15) is 0 Å². The predicted octanol–water partition coefficient (Wildman–Crippen LogP) is 5.00. The first kappa shape index (κ1) is 16.3. The van der Waals surface area contributed by atoms with Gasteiger partial charge in [-0.15, -0.1) is 0 Å². The largest absolute Gasteiger partial charge is 0.334 e. The van der Waals surface area contributed by atoms with E-state index in [-0.39, 0.29) is 5.91 Å². The maximum absolute atomic E-state index is 12.8. The lowest BCUT2D eigenvalue weighted by atomic mass is 10.1. The van der Waals surface area contributed by atoms with Gasteiger partial charge in [-0.3, -0.25) is 4.79 Å². The van der Waals surface area contributed by atoms with Gasteiger partial charge in [0.2, 0.25) is 0 Å². The van der Waals surface area contributed by atoms with Gasteiger partial charge in [0.05, 0.1) is 5.56 Å². The second-order valence-electron chi connectivity index (χ2n) is 4.84. The van der Waals surface area contributed by atoms with Crippen molar-refractivity contribution in [3.63, 3.8) is 0 Å². The van der Waals surface area contributed by atoms with Gasteiger partial charge in [-0.1, -0.05) is 48.9 Å². The highest BCUT2D eigenvalue weighted by atomic mass is 127. The van der Waals surface area contributed by atoms with E-state index < -0.39 is 0 Å². The van der Waals surface area contributed by atoms with Crippen molar-refractivity contribution in [1.29, 1.82) is 0 Å². The minimum Gasteiger partial charge on any atom is -0.334 e. The van der Waals surface area contributed by atoms with Gasteiger partial charge < -0.3 is 4.90 Å². The van der Waals surface area contributed by atoms with Gasteiger partial charge in [0, 0.05) is 21.7 Å². The van der Waals surface area contributed by atoms with Crippen molar-refractivity contribution in [2.45, 2.75) is 19.9 Å². The number of benzene rings is 2. The van der Waals surface area contributed by atoms with Crippen LogP contribution < -0.4 is 0 Å². The molecule has 0 atom stereocenters. The SMILES string of the molecule is CCCN(Cc1ccccc1)C(=O)c1cc(Cl)ccc1I. The van der Waals surface area contributed by atoms with E-state index in [2.05, 4.69) is 29.5 Å². The van der Waals surface area contributed by atoms with Crippen LogP contribution >= 0.6 is 34.2 Å². The minimum atomic E-state index is 0.0348. The summed E-state index contributed by atoms with van der Waals surface area (Å²) in [6, 6.07) is 15.5. The lowest BCUT2D eigenvalue weighted by molar-refractivity contribution is 0.0742. The Morgan fingerprint density at radius 2 is 1.90 bits per heavy atom. The number of hydrogen-bond acceptors (Lipinski definition) is 1. The first-order valence-electron chi connectivity index (χ1n) is 6.90. The molecule has 0 aromatic heterocycles. The summed E-state index contributed by atoms with van der Waals surface area (Å²) in [4.78, 5) is 14.7.